The molecule has 2 rings (SSSR count). The van der Waals surface area contributed by atoms with Crippen molar-refractivity contribution in [1.29, 1.82) is 0 Å². The minimum atomic E-state index is -3.45. The first-order valence-corrected chi connectivity index (χ1v) is 8.04. The van der Waals surface area contributed by atoms with Crippen LogP contribution in [0.2, 0.25) is 0 Å². The maximum atomic E-state index is 12.2. The van der Waals surface area contributed by atoms with Gasteiger partial charge in [0.1, 0.15) is 0 Å². The summed E-state index contributed by atoms with van der Waals surface area (Å²) in [7, 11) is -2.13. The lowest BCUT2D eigenvalue weighted by molar-refractivity contribution is -0.384. The molecule has 0 aliphatic carbocycles. The minimum absolute atomic E-state index is 0.0927. The number of benzene rings is 1. The maximum Gasteiger partial charge on any atom is 0.271 e. The molecule has 1 aliphatic rings. The summed E-state index contributed by atoms with van der Waals surface area (Å²) < 4.78 is 23.6. The number of non-ortho nitro benzene ring substituents is 1. The third-order valence-electron chi connectivity index (χ3n) is 3.40. The number of hydrogen-bond donors (Lipinski definition) is 0. The molecule has 0 bridgehead atoms. The summed E-state index contributed by atoms with van der Waals surface area (Å²) >= 11 is 0. The fourth-order valence-corrected chi connectivity index (χ4v) is 2.48. The molecular formula is C12H15N3O5S. The molecular weight excluding hydrogens is 298 g/mol. The summed E-state index contributed by atoms with van der Waals surface area (Å²) in [5.41, 5.74) is 1.23. The van der Waals surface area contributed by atoms with E-state index in [2.05, 4.69) is 0 Å². The highest BCUT2D eigenvalue weighted by Gasteiger charge is 2.28. The van der Waals surface area contributed by atoms with Gasteiger partial charge in [-0.3, -0.25) is 14.9 Å². The lowest BCUT2D eigenvalue weighted by Gasteiger charge is -2.20. The van der Waals surface area contributed by atoms with Crippen LogP contribution in [0.1, 0.15) is 5.56 Å². The number of nitro groups is 1. The number of rotatable bonds is 4. The van der Waals surface area contributed by atoms with E-state index in [1.807, 2.05) is 0 Å². The van der Waals surface area contributed by atoms with Gasteiger partial charge in [0.25, 0.3) is 5.69 Å². The van der Waals surface area contributed by atoms with Crippen LogP contribution in [0, 0.1) is 10.1 Å². The Labute approximate surface area is 122 Å². The van der Waals surface area contributed by atoms with Gasteiger partial charge in [-0.2, -0.15) is 4.31 Å². The zero-order valence-electron chi connectivity index (χ0n) is 11.6. The van der Waals surface area contributed by atoms with Crippen molar-refractivity contribution in [3.05, 3.63) is 33.9 Å². The molecule has 1 aromatic carbocycles. The van der Waals surface area contributed by atoms with Crippen molar-refractivity contribution in [1.82, 2.24) is 4.31 Å². The van der Waals surface area contributed by atoms with E-state index >= 15 is 0 Å². The molecule has 0 spiro atoms. The maximum absolute atomic E-state index is 12.2. The molecule has 0 fully saturated rings. The Morgan fingerprint density at radius 2 is 2.14 bits per heavy atom. The summed E-state index contributed by atoms with van der Waals surface area (Å²) in [4.78, 5) is 23.9. The van der Waals surface area contributed by atoms with Crippen molar-refractivity contribution in [2.24, 2.45) is 0 Å². The molecule has 0 radical (unpaired) electrons. The molecule has 0 aromatic heterocycles. The van der Waals surface area contributed by atoms with Crippen LogP contribution >= 0.6 is 0 Å². The van der Waals surface area contributed by atoms with E-state index in [0.29, 0.717) is 18.7 Å². The number of nitro benzene ring substituents is 1. The summed E-state index contributed by atoms with van der Waals surface area (Å²) in [5.74, 6) is -0.401. The first-order chi connectivity index (χ1) is 9.70. The highest BCUT2D eigenvalue weighted by Crippen LogP contribution is 2.31. The molecule has 0 saturated heterocycles. The Balaban J connectivity index is 2.24. The SMILES string of the molecule is CN(CC(=O)N1CCc2ccc([N+](=O)[O-])cc21)S(C)(=O)=O. The van der Waals surface area contributed by atoms with Gasteiger partial charge in [0, 0.05) is 25.7 Å². The Bertz CT molecular complexity index is 701. The normalized spacial score (nSPS) is 14.3. The fraction of sp³-hybridized carbons (Fsp3) is 0.417. The predicted octanol–water partition coefficient (Wildman–Crippen LogP) is 0.375. The van der Waals surface area contributed by atoms with Gasteiger partial charge in [-0.25, -0.2) is 8.42 Å². The molecule has 21 heavy (non-hydrogen) atoms. The smallest absolute Gasteiger partial charge is 0.271 e. The number of fused-ring (bicyclic) bond motifs is 1. The summed E-state index contributed by atoms with van der Waals surface area (Å²) in [6.45, 7) is 0.105. The van der Waals surface area contributed by atoms with E-state index < -0.39 is 20.9 Å². The predicted molar refractivity (Wildman–Crippen MR) is 76.6 cm³/mol. The second kappa shape index (κ2) is 5.41. The first kappa shape index (κ1) is 15.4. The van der Waals surface area contributed by atoms with Gasteiger partial charge in [-0.05, 0) is 12.0 Å². The number of nitrogens with zero attached hydrogens (tertiary/aromatic N) is 3. The van der Waals surface area contributed by atoms with Crippen LogP contribution < -0.4 is 4.90 Å². The number of carbonyl (C=O) groups is 1. The summed E-state index contributed by atoms with van der Waals surface area (Å²) in [5, 5.41) is 10.8. The lowest BCUT2D eigenvalue weighted by Crippen LogP contribution is -2.40. The Morgan fingerprint density at radius 3 is 2.71 bits per heavy atom. The molecule has 1 aliphatic heterocycles. The van der Waals surface area contributed by atoms with Gasteiger partial charge >= 0.3 is 0 Å². The Kier molecular flexibility index (Phi) is 3.97. The molecule has 114 valence electrons. The zero-order valence-corrected chi connectivity index (χ0v) is 12.5. The number of anilines is 1. The number of likely N-dealkylation sites (N-methyl/N-ethyl adjacent to an activating group) is 1. The number of amides is 1. The third kappa shape index (κ3) is 3.19. The van der Waals surface area contributed by atoms with Crippen LogP contribution in [0.4, 0.5) is 11.4 Å². The molecule has 9 heteroatoms. The summed E-state index contributed by atoms with van der Waals surface area (Å²) in [6.07, 6.45) is 1.62. The van der Waals surface area contributed by atoms with E-state index in [9.17, 15) is 23.3 Å². The van der Waals surface area contributed by atoms with Crippen molar-refractivity contribution >= 4 is 27.3 Å². The molecule has 1 aromatic rings. The van der Waals surface area contributed by atoms with Crippen LogP contribution in [-0.2, 0) is 21.2 Å². The third-order valence-corrected chi connectivity index (χ3v) is 4.66. The van der Waals surface area contributed by atoms with Crippen molar-refractivity contribution in [2.75, 3.05) is 31.3 Å². The van der Waals surface area contributed by atoms with Gasteiger partial charge in [0.05, 0.1) is 23.4 Å². The van der Waals surface area contributed by atoms with Crippen LogP contribution in [0.25, 0.3) is 0 Å². The molecule has 0 unspecified atom stereocenters. The van der Waals surface area contributed by atoms with E-state index in [4.69, 9.17) is 0 Å². The molecule has 1 heterocycles. The quantitative estimate of drug-likeness (QED) is 0.590. The van der Waals surface area contributed by atoms with E-state index in [1.165, 1.54) is 24.1 Å². The average molecular weight is 313 g/mol. The van der Waals surface area contributed by atoms with Gasteiger partial charge in [-0.1, -0.05) is 6.07 Å². The lowest BCUT2D eigenvalue weighted by atomic mass is 10.1. The van der Waals surface area contributed by atoms with Gasteiger partial charge in [0.15, 0.2) is 0 Å². The Hall–Kier alpha value is -2.00. The molecule has 1 amide bonds. The number of carbonyl (C=O) groups excluding carboxylic acids is 1. The molecule has 8 nitrogen and oxygen atoms in total. The van der Waals surface area contributed by atoms with Crippen LogP contribution in [0.5, 0.6) is 0 Å². The largest absolute Gasteiger partial charge is 0.310 e. The van der Waals surface area contributed by atoms with Crippen LogP contribution in [0.3, 0.4) is 0 Å². The minimum Gasteiger partial charge on any atom is -0.310 e. The van der Waals surface area contributed by atoms with E-state index in [0.717, 1.165) is 16.1 Å². The molecule has 0 saturated carbocycles. The van der Waals surface area contributed by atoms with Gasteiger partial charge < -0.3 is 4.90 Å². The van der Waals surface area contributed by atoms with Crippen LogP contribution in [-0.4, -0.2) is 49.9 Å². The number of hydrogen-bond acceptors (Lipinski definition) is 5. The standard InChI is InChI=1S/C12H15N3O5S/c1-13(21(2,19)20)8-12(16)14-6-5-9-3-4-10(15(17)18)7-11(9)14/h3-4,7H,5-6,8H2,1-2H3. The van der Waals surface area contributed by atoms with Gasteiger partial charge in [0.2, 0.25) is 15.9 Å². The van der Waals surface area contributed by atoms with E-state index in [1.54, 1.807) is 6.07 Å². The first-order valence-electron chi connectivity index (χ1n) is 6.19. The van der Waals surface area contributed by atoms with Crippen molar-refractivity contribution in [3.63, 3.8) is 0 Å². The topological polar surface area (TPSA) is 101 Å². The zero-order chi connectivity index (χ0) is 15.8. The number of sulfonamides is 1. The average Bonchev–Trinajstić information content (AvgIpc) is 2.80. The molecule has 0 N–H and O–H groups in total. The van der Waals surface area contributed by atoms with Crippen molar-refractivity contribution < 1.29 is 18.1 Å². The second-order valence-corrected chi connectivity index (χ2v) is 6.97. The fourth-order valence-electron chi connectivity index (χ4n) is 2.13. The van der Waals surface area contributed by atoms with Crippen molar-refractivity contribution in [3.8, 4) is 0 Å². The van der Waals surface area contributed by atoms with E-state index in [-0.39, 0.29) is 12.2 Å². The second-order valence-electron chi connectivity index (χ2n) is 4.88. The molecule has 0 atom stereocenters. The van der Waals surface area contributed by atoms with Crippen molar-refractivity contribution in [2.45, 2.75) is 6.42 Å². The van der Waals surface area contributed by atoms with Gasteiger partial charge in [-0.15, -0.1) is 0 Å². The Morgan fingerprint density at radius 1 is 1.48 bits per heavy atom. The highest BCUT2D eigenvalue weighted by molar-refractivity contribution is 7.88. The highest BCUT2D eigenvalue weighted by atomic mass is 32.2. The summed E-state index contributed by atoms with van der Waals surface area (Å²) in [6, 6.07) is 4.37. The van der Waals surface area contributed by atoms with Crippen LogP contribution in [0.15, 0.2) is 18.2 Å². The monoisotopic (exact) mass is 313 g/mol.